The number of fused-ring (bicyclic) bond motifs is 3. The third-order valence-corrected chi connectivity index (χ3v) is 4.87. The van der Waals surface area contributed by atoms with Crippen molar-refractivity contribution < 1.29 is 0 Å². The smallest absolute Gasteiger partial charge is 0.192 e. The first-order valence-electron chi connectivity index (χ1n) is 8.61. The second kappa shape index (κ2) is 9.48. The zero-order chi connectivity index (χ0) is 16.9. The van der Waals surface area contributed by atoms with Gasteiger partial charge in [-0.25, -0.2) is 4.99 Å². The van der Waals surface area contributed by atoms with Crippen LogP contribution in [-0.2, 0) is 13.6 Å². The molecule has 0 spiro atoms. The van der Waals surface area contributed by atoms with Gasteiger partial charge in [0.1, 0.15) is 12.4 Å². The minimum absolute atomic E-state index is 0. The molecule has 0 amide bonds. The van der Waals surface area contributed by atoms with Gasteiger partial charge >= 0.3 is 0 Å². The van der Waals surface area contributed by atoms with Crippen LogP contribution in [0.25, 0.3) is 0 Å². The number of nitrogens with zero attached hydrogens (tertiary/aromatic N) is 6. The molecule has 4 rings (SSSR count). The molecule has 1 atom stereocenters. The summed E-state index contributed by atoms with van der Waals surface area (Å²) >= 11 is 0. The van der Waals surface area contributed by atoms with E-state index in [0.29, 0.717) is 19.1 Å². The van der Waals surface area contributed by atoms with Crippen molar-refractivity contribution >= 4 is 29.9 Å². The number of hydrogen-bond donors (Lipinski definition) is 2. The van der Waals surface area contributed by atoms with E-state index in [2.05, 4.69) is 42.2 Å². The Kier molecular flexibility index (Phi) is 7.63. The molecular formula is C16H29IN8. The topological polar surface area (TPSA) is 73.6 Å². The maximum Gasteiger partial charge on any atom is 0.192 e. The number of aliphatic imine (C=N–C) groups is 1. The number of aromatic nitrogens is 3. The van der Waals surface area contributed by atoms with Gasteiger partial charge in [-0.1, -0.05) is 6.08 Å². The van der Waals surface area contributed by atoms with E-state index in [1.54, 1.807) is 0 Å². The number of hydrogen-bond acceptors (Lipinski definition) is 5. The van der Waals surface area contributed by atoms with E-state index in [9.17, 15) is 0 Å². The van der Waals surface area contributed by atoms with Crippen LogP contribution in [0.4, 0.5) is 0 Å². The molecule has 0 saturated carbocycles. The molecule has 0 aliphatic carbocycles. The summed E-state index contributed by atoms with van der Waals surface area (Å²) in [6, 6.07) is 0.556. The van der Waals surface area contributed by atoms with Gasteiger partial charge in [0.15, 0.2) is 11.8 Å². The Hall–Kier alpha value is -1.20. The molecule has 3 aliphatic rings. The van der Waals surface area contributed by atoms with Gasteiger partial charge in [0.2, 0.25) is 0 Å². The molecule has 3 fully saturated rings. The highest BCUT2D eigenvalue weighted by atomic mass is 127. The first kappa shape index (κ1) is 20.1. The Balaban J connectivity index is 0.00000225. The van der Waals surface area contributed by atoms with Crippen molar-refractivity contribution in [1.82, 2.24) is 35.2 Å². The molecule has 9 heteroatoms. The molecule has 4 heterocycles. The highest BCUT2D eigenvalue weighted by molar-refractivity contribution is 14.0. The molecule has 0 radical (unpaired) electrons. The van der Waals surface area contributed by atoms with E-state index in [0.717, 1.165) is 30.7 Å². The molecule has 25 heavy (non-hydrogen) atoms. The first-order chi connectivity index (χ1) is 11.7. The first-order valence-corrected chi connectivity index (χ1v) is 8.61. The Morgan fingerprint density at radius 3 is 2.60 bits per heavy atom. The maximum absolute atomic E-state index is 4.64. The van der Waals surface area contributed by atoms with Crippen LogP contribution >= 0.6 is 24.0 Å². The van der Waals surface area contributed by atoms with Gasteiger partial charge in [0.05, 0.1) is 0 Å². The second-order valence-corrected chi connectivity index (χ2v) is 6.43. The average Bonchev–Trinajstić information content (AvgIpc) is 2.94. The van der Waals surface area contributed by atoms with Gasteiger partial charge in [0.25, 0.3) is 0 Å². The summed E-state index contributed by atoms with van der Waals surface area (Å²) in [5.74, 6) is 2.56. The second-order valence-electron chi connectivity index (χ2n) is 6.43. The number of nitrogens with one attached hydrogen (secondary N) is 2. The van der Waals surface area contributed by atoms with Crippen LogP contribution in [0.3, 0.4) is 0 Å². The SMILES string of the molecule is C=CCNC(=NCc1nnc(C)n1C)NCC1CN2CCN1CC2.I. The fraction of sp³-hybridized carbons (Fsp3) is 0.688. The van der Waals surface area contributed by atoms with Crippen LogP contribution in [0.15, 0.2) is 17.6 Å². The van der Waals surface area contributed by atoms with Crippen molar-refractivity contribution in [3.05, 3.63) is 24.3 Å². The largest absolute Gasteiger partial charge is 0.355 e. The van der Waals surface area contributed by atoms with Gasteiger partial charge in [-0.2, -0.15) is 0 Å². The van der Waals surface area contributed by atoms with E-state index >= 15 is 0 Å². The summed E-state index contributed by atoms with van der Waals surface area (Å²) in [7, 11) is 1.96. The Morgan fingerprint density at radius 1 is 1.28 bits per heavy atom. The monoisotopic (exact) mass is 460 g/mol. The summed E-state index contributed by atoms with van der Waals surface area (Å²) in [4.78, 5) is 9.76. The molecular weight excluding hydrogens is 431 g/mol. The zero-order valence-corrected chi connectivity index (χ0v) is 17.4. The molecule has 0 aromatic carbocycles. The molecule has 8 nitrogen and oxygen atoms in total. The van der Waals surface area contributed by atoms with Gasteiger partial charge in [-0.05, 0) is 6.92 Å². The summed E-state index contributed by atoms with van der Waals surface area (Å²) < 4.78 is 1.97. The minimum Gasteiger partial charge on any atom is -0.355 e. The molecule has 1 aromatic heterocycles. The van der Waals surface area contributed by atoms with E-state index < -0.39 is 0 Å². The van der Waals surface area contributed by atoms with E-state index in [4.69, 9.17) is 0 Å². The number of guanidine groups is 1. The predicted octanol–water partition coefficient (Wildman–Crippen LogP) is -0.0375. The Bertz CT molecular complexity index is 591. The van der Waals surface area contributed by atoms with Crippen molar-refractivity contribution in [2.75, 3.05) is 45.8 Å². The van der Waals surface area contributed by atoms with Gasteiger partial charge in [0, 0.05) is 58.9 Å². The van der Waals surface area contributed by atoms with Crippen molar-refractivity contribution in [2.45, 2.75) is 19.5 Å². The quantitative estimate of drug-likeness (QED) is 0.269. The minimum atomic E-state index is 0. The molecule has 140 valence electrons. The summed E-state index contributed by atoms with van der Waals surface area (Å²) in [6.07, 6.45) is 1.83. The molecule has 2 N–H and O–H groups in total. The van der Waals surface area contributed by atoms with E-state index in [1.165, 1.54) is 26.2 Å². The standard InChI is InChI=1S/C16H28N8.HI/c1-4-5-17-16(19-11-15-21-20-13(2)22(15)3)18-10-14-12-23-6-8-24(14)9-7-23;/h4,14H,1,5-12H2,2-3H3,(H2,17,18,19);1H. The van der Waals surface area contributed by atoms with Crippen LogP contribution in [0.5, 0.6) is 0 Å². The lowest BCUT2D eigenvalue weighted by atomic mass is 10.1. The lowest BCUT2D eigenvalue weighted by molar-refractivity contribution is 0.0154. The summed E-state index contributed by atoms with van der Waals surface area (Å²) in [5, 5.41) is 15.0. The van der Waals surface area contributed by atoms with E-state index in [1.807, 2.05) is 24.6 Å². The number of halogens is 1. The van der Waals surface area contributed by atoms with Crippen LogP contribution in [0.1, 0.15) is 11.6 Å². The fourth-order valence-corrected chi connectivity index (χ4v) is 3.21. The van der Waals surface area contributed by atoms with Crippen molar-refractivity contribution in [3.63, 3.8) is 0 Å². The van der Waals surface area contributed by atoms with Crippen molar-refractivity contribution in [1.29, 1.82) is 0 Å². The van der Waals surface area contributed by atoms with E-state index in [-0.39, 0.29) is 24.0 Å². The fourth-order valence-electron chi connectivity index (χ4n) is 3.21. The lowest BCUT2D eigenvalue weighted by Gasteiger charge is -2.47. The molecule has 1 unspecified atom stereocenters. The number of piperazine rings is 3. The van der Waals surface area contributed by atoms with Crippen LogP contribution in [0, 0.1) is 6.92 Å². The van der Waals surface area contributed by atoms with Crippen molar-refractivity contribution in [3.8, 4) is 0 Å². The summed E-state index contributed by atoms with van der Waals surface area (Å²) in [5.41, 5.74) is 0. The van der Waals surface area contributed by atoms with Crippen molar-refractivity contribution in [2.24, 2.45) is 12.0 Å². The number of rotatable bonds is 6. The van der Waals surface area contributed by atoms with Gasteiger partial charge < -0.3 is 15.2 Å². The van der Waals surface area contributed by atoms with Gasteiger partial charge in [-0.15, -0.1) is 40.8 Å². The number of aryl methyl sites for hydroxylation is 1. The average molecular weight is 460 g/mol. The highest BCUT2D eigenvalue weighted by Crippen LogP contribution is 2.14. The zero-order valence-electron chi connectivity index (χ0n) is 15.1. The Morgan fingerprint density at radius 2 is 2.04 bits per heavy atom. The molecule has 2 bridgehead atoms. The highest BCUT2D eigenvalue weighted by Gasteiger charge is 2.31. The van der Waals surface area contributed by atoms with Crippen LogP contribution in [-0.4, -0.2) is 82.4 Å². The van der Waals surface area contributed by atoms with Crippen LogP contribution < -0.4 is 10.6 Å². The molecule has 1 aromatic rings. The Labute approximate surface area is 166 Å². The molecule has 3 aliphatic heterocycles. The third kappa shape index (κ3) is 5.14. The third-order valence-electron chi connectivity index (χ3n) is 4.87. The normalized spacial score (nSPS) is 25.4. The lowest BCUT2D eigenvalue weighted by Crippen LogP contribution is -2.63. The van der Waals surface area contributed by atoms with Crippen LogP contribution in [0.2, 0.25) is 0 Å². The summed E-state index contributed by atoms with van der Waals surface area (Å²) in [6.45, 7) is 13.7. The predicted molar refractivity (Wildman–Crippen MR) is 110 cm³/mol. The maximum atomic E-state index is 4.64. The molecule has 3 saturated heterocycles. The van der Waals surface area contributed by atoms with Gasteiger partial charge in [-0.3, -0.25) is 9.80 Å².